The number of aryl methyl sites for hydroxylation is 2. The van der Waals surface area contributed by atoms with Crippen LogP contribution in [0.1, 0.15) is 18.3 Å². The van der Waals surface area contributed by atoms with Crippen LogP contribution in [0, 0.1) is 0 Å². The predicted octanol–water partition coefficient (Wildman–Crippen LogP) is 3.31. The number of hydrogen-bond donors (Lipinski definition) is 1. The Labute approximate surface area is 125 Å². The van der Waals surface area contributed by atoms with E-state index in [0.717, 1.165) is 28.5 Å². The first kappa shape index (κ1) is 14.7. The van der Waals surface area contributed by atoms with Crippen LogP contribution in [0.25, 0.3) is 0 Å². The van der Waals surface area contributed by atoms with Gasteiger partial charge in [-0.05, 0) is 24.6 Å². The van der Waals surface area contributed by atoms with Gasteiger partial charge in [-0.3, -0.25) is 4.68 Å². The van der Waals surface area contributed by atoms with Gasteiger partial charge < -0.3 is 10.2 Å². The van der Waals surface area contributed by atoms with Crippen molar-refractivity contribution in [2.24, 2.45) is 7.05 Å². The first-order chi connectivity index (χ1) is 9.52. The largest absolute Gasteiger partial charge is 0.379 e. The van der Waals surface area contributed by atoms with Crippen LogP contribution in [0.15, 0.2) is 24.3 Å². The van der Waals surface area contributed by atoms with E-state index >= 15 is 0 Å². The van der Waals surface area contributed by atoms with E-state index in [4.69, 9.17) is 11.6 Å². The van der Waals surface area contributed by atoms with Gasteiger partial charge >= 0.3 is 0 Å². The summed E-state index contributed by atoms with van der Waals surface area (Å²) >= 11 is 6.35. The van der Waals surface area contributed by atoms with Gasteiger partial charge in [-0.2, -0.15) is 5.10 Å². The molecule has 0 spiro atoms. The second kappa shape index (κ2) is 6.18. The van der Waals surface area contributed by atoms with Gasteiger partial charge in [0.2, 0.25) is 0 Å². The molecule has 5 heteroatoms. The number of halogens is 1. The van der Waals surface area contributed by atoms with Gasteiger partial charge in [0.25, 0.3) is 0 Å². The molecule has 1 N–H and O–H groups in total. The van der Waals surface area contributed by atoms with Crippen LogP contribution in [0.3, 0.4) is 0 Å². The van der Waals surface area contributed by atoms with Crippen molar-refractivity contribution in [3.8, 4) is 0 Å². The van der Waals surface area contributed by atoms with E-state index < -0.39 is 0 Å². The summed E-state index contributed by atoms with van der Waals surface area (Å²) in [6.07, 6.45) is 0.850. The summed E-state index contributed by atoms with van der Waals surface area (Å²) in [5.41, 5.74) is 4.21. The van der Waals surface area contributed by atoms with Crippen molar-refractivity contribution in [3.05, 3.63) is 40.7 Å². The van der Waals surface area contributed by atoms with E-state index in [0.29, 0.717) is 6.54 Å². The third kappa shape index (κ3) is 3.07. The molecule has 108 valence electrons. The molecule has 0 saturated carbocycles. The average molecular weight is 293 g/mol. The molecule has 2 rings (SSSR count). The van der Waals surface area contributed by atoms with E-state index in [2.05, 4.69) is 40.4 Å². The lowest BCUT2D eigenvalue weighted by Gasteiger charge is -2.14. The van der Waals surface area contributed by atoms with Crippen LogP contribution in [0.2, 0.25) is 5.02 Å². The Kier molecular flexibility index (Phi) is 4.55. The summed E-state index contributed by atoms with van der Waals surface area (Å²) in [4.78, 5) is 2.08. The molecule has 20 heavy (non-hydrogen) atoms. The summed E-state index contributed by atoms with van der Waals surface area (Å²) in [6.45, 7) is 2.73. The van der Waals surface area contributed by atoms with Crippen molar-refractivity contribution in [1.82, 2.24) is 9.78 Å². The minimum absolute atomic E-state index is 0.666. The van der Waals surface area contributed by atoms with Crippen LogP contribution in [0.5, 0.6) is 0 Å². The maximum Gasteiger partial charge on any atom is 0.0868 e. The highest BCUT2D eigenvalue weighted by atomic mass is 35.5. The lowest BCUT2D eigenvalue weighted by Crippen LogP contribution is -2.10. The van der Waals surface area contributed by atoms with Gasteiger partial charge in [-0.15, -0.1) is 0 Å². The van der Waals surface area contributed by atoms with Gasteiger partial charge in [0.05, 0.1) is 23.0 Å². The molecule has 1 aromatic carbocycles. The van der Waals surface area contributed by atoms with E-state index in [9.17, 15) is 0 Å². The minimum atomic E-state index is 0.666. The monoisotopic (exact) mass is 292 g/mol. The van der Waals surface area contributed by atoms with Crippen molar-refractivity contribution < 1.29 is 0 Å². The molecule has 0 fully saturated rings. The number of benzene rings is 1. The van der Waals surface area contributed by atoms with E-state index in [-0.39, 0.29) is 0 Å². The van der Waals surface area contributed by atoms with Crippen molar-refractivity contribution >= 4 is 23.0 Å². The Morgan fingerprint density at radius 2 is 2.10 bits per heavy atom. The Bertz CT molecular complexity index is 590. The number of aromatic nitrogens is 2. The summed E-state index contributed by atoms with van der Waals surface area (Å²) in [7, 11) is 5.99. The van der Waals surface area contributed by atoms with Gasteiger partial charge in [-0.1, -0.05) is 24.6 Å². The molecule has 0 aliphatic carbocycles. The molecule has 0 radical (unpaired) electrons. The zero-order valence-electron chi connectivity index (χ0n) is 12.4. The zero-order valence-corrected chi connectivity index (χ0v) is 13.2. The maximum absolute atomic E-state index is 6.35. The van der Waals surface area contributed by atoms with Crippen molar-refractivity contribution in [2.75, 3.05) is 24.3 Å². The van der Waals surface area contributed by atoms with E-state index in [1.807, 2.05) is 31.9 Å². The molecule has 4 nitrogen and oxygen atoms in total. The lowest BCUT2D eigenvalue weighted by atomic mass is 10.2. The molecule has 0 aliphatic heterocycles. The third-order valence-electron chi connectivity index (χ3n) is 3.33. The maximum atomic E-state index is 6.35. The average Bonchev–Trinajstić information content (AvgIpc) is 2.71. The Morgan fingerprint density at radius 3 is 2.70 bits per heavy atom. The summed E-state index contributed by atoms with van der Waals surface area (Å²) in [5, 5.41) is 8.60. The van der Waals surface area contributed by atoms with Crippen LogP contribution in [0.4, 0.5) is 11.4 Å². The molecule has 1 heterocycles. The fourth-order valence-electron chi connectivity index (χ4n) is 2.09. The molecule has 0 saturated heterocycles. The van der Waals surface area contributed by atoms with Crippen molar-refractivity contribution in [1.29, 1.82) is 0 Å². The lowest BCUT2D eigenvalue weighted by molar-refractivity contribution is 0.707. The zero-order chi connectivity index (χ0) is 14.7. The number of nitrogens with zero attached hydrogens (tertiary/aromatic N) is 3. The summed E-state index contributed by atoms with van der Waals surface area (Å²) in [6, 6.07) is 8.29. The van der Waals surface area contributed by atoms with E-state index in [1.165, 1.54) is 5.69 Å². The second-order valence-electron chi connectivity index (χ2n) is 4.98. The van der Waals surface area contributed by atoms with Gasteiger partial charge in [0.1, 0.15) is 0 Å². The van der Waals surface area contributed by atoms with Gasteiger partial charge in [0.15, 0.2) is 0 Å². The Morgan fingerprint density at radius 1 is 1.35 bits per heavy atom. The van der Waals surface area contributed by atoms with Crippen LogP contribution < -0.4 is 10.2 Å². The number of hydrogen-bond acceptors (Lipinski definition) is 3. The smallest absolute Gasteiger partial charge is 0.0868 e. The van der Waals surface area contributed by atoms with Crippen LogP contribution in [-0.4, -0.2) is 23.9 Å². The highest BCUT2D eigenvalue weighted by Gasteiger charge is 2.12. The van der Waals surface area contributed by atoms with Crippen LogP contribution in [-0.2, 0) is 20.0 Å². The molecule has 1 aromatic heterocycles. The second-order valence-corrected chi connectivity index (χ2v) is 5.36. The highest BCUT2D eigenvalue weighted by Crippen LogP contribution is 2.23. The normalized spacial score (nSPS) is 10.7. The Hall–Kier alpha value is -1.68. The highest BCUT2D eigenvalue weighted by molar-refractivity contribution is 6.31. The van der Waals surface area contributed by atoms with Gasteiger partial charge in [0, 0.05) is 32.5 Å². The molecule has 0 bridgehead atoms. The Balaban J connectivity index is 2.13. The summed E-state index contributed by atoms with van der Waals surface area (Å²) < 4.78 is 1.85. The molecule has 0 amide bonds. The van der Waals surface area contributed by atoms with Crippen molar-refractivity contribution in [2.45, 2.75) is 19.9 Å². The molecule has 0 atom stereocenters. The van der Waals surface area contributed by atoms with Crippen LogP contribution >= 0.6 is 11.6 Å². The number of anilines is 2. The minimum Gasteiger partial charge on any atom is -0.379 e. The molecular weight excluding hydrogens is 272 g/mol. The molecule has 0 aliphatic rings. The predicted molar refractivity (Wildman–Crippen MR) is 85.7 cm³/mol. The first-order valence-corrected chi connectivity index (χ1v) is 7.12. The van der Waals surface area contributed by atoms with E-state index in [1.54, 1.807) is 0 Å². The third-order valence-corrected chi connectivity index (χ3v) is 3.76. The van der Waals surface area contributed by atoms with Crippen molar-refractivity contribution in [3.63, 3.8) is 0 Å². The quantitative estimate of drug-likeness (QED) is 0.918. The first-order valence-electron chi connectivity index (χ1n) is 6.74. The topological polar surface area (TPSA) is 33.1 Å². The standard InChI is InChI=1S/C15H21ClN4/c1-5-13-15(16)14(20(4)18-13)10-17-11-7-6-8-12(9-11)19(2)3/h6-9,17H,5,10H2,1-4H3. The molecular formula is C15H21ClN4. The summed E-state index contributed by atoms with van der Waals surface area (Å²) in [5.74, 6) is 0. The SMILES string of the molecule is CCc1nn(C)c(CNc2cccc(N(C)C)c2)c1Cl. The number of rotatable bonds is 5. The number of nitrogens with one attached hydrogen (secondary N) is 1. The fourth-order valence-corrected chi connectivity index (χ4v) is 2.45. The van der Waals surface area contributed by atoms with Gasteiger partial charge in [-0.25, -0.2) is 0 Å². The fraction of sp³-hybridized carbons (Fsp3) is 0.400. The molecule has 0 unspecified atom stereocenters. The molecule has 2 aromatic rings.